The van der Waals surface area contributed by atoms with Crippen LogP contribution in [0.2, 0.25) is 0 Å². The average Bonchev–Trinajstić information content (AvgIpc) is 2.40. The van der Waals surface area contributed by atoms with Gasteiger partial charge in [0.2, 0.25) is 0 Å². The smallest absolute Gasteiger partial charge is 0.0233 e. The molecule has 2 nitrogen and oxygen atoms in total. The molecule has 0 aliphatic carbocycles. The summed E-state index contributed by atoms with van der Waals surface area (Å²) in [6.07, 6.45) is 2.61. The summed E-state index contributed by atoms with van der Waals surface area (Å²) >= 11 is 0. The van der Waals surface area contributed by atoms with Crippen LogP contribution in [0.5, 0.6) is 0 Å². The van der Waals surface area contributed by atoms with Gasteiger partial charge in [0.1, 0.15) is 0 Å². The Morgan fingerprint density at radius 1 is 1.17 bits per heavy atom. The van der Waals surface area contributed by atoms with E-state index >= 15 is 0 Å². The zero-order chi connectivity index (χ0) is 12.8. The van der Waals surface area contributed by atoms with Crippen LogP contribution in [0.4, 0.5) is 0 Å². The third-order valence-corrected chi connectivity index (χ3v) is 4.11. The van der Waals surface area contributed by atoms with Crippen molar-refractivity contribution in [1.82, 2.24) is 10.2 Å². The molecule has 0 amide bonds. The van der Waals surface area contributed by atoms with Gasteiger partial charge in [0, 0.05) is 13.1 Å². The lowest BCUT2D eigenvalue weighted by Gasteiger charge is -2.38. The summed E-state index contributed by atoms with van der Waals surface area (Å²) in [5.74, 6) is 0. The second kappa shape index (κ2) is 6.35. The fourth-order valence-electron chi connectivity index (χ4n) is 2.85. The first-order valence-electron chi connectivity index (χ1n) is 7.19. The average molecular weight is 246 g/mol. The molecule has 100 valence electrons. The molecule has 1 N–H and O–H groups in total. The molecule has 2 heteroatoms. The molecule has 1 fully saturated rings. The maximum absolute atomic E-state index is 3.46. The molecule has 1 saturated heterocycles. The summed E-state index contributed by atoms with van der Waals surface area (Å²) in [6, 6.07) is 10.8. The van der Waals surface area contributed by atoms with Gasteiger partial charge in [-0.1, -0.05) is 44.2 Å². The highest BCUT2D eigenvalue weighted by molar-refractivity contribution is 5.14. The molecule has 0 spiro atoms. The molecule has 0 aromatic heterocycles. The van der Waals surface area contributed by atoms with Crippen LogP contribution in [0, 0.1) is 5.41 Å². The fraction of sp³-hybridized carbons (Fsp3) is 0.625. The van der Waals surface area contributed by atoms with Crippen LogP contribution in [0.3, 0.4) is 0 Å². The van der Waals surface area contributed by atoms with E-state index in [1.807, 2.05) is 0 Å². The first-order chi connectivity index (χ1) is 8.72. The minimum atomic E-state index is 0.496. The van der Waals surface area contributed by atoms with Gasteiger partial charge in [-0.05, 0) is 43.5 Å². The van der Waals surface area contributed by atoms with E-state index in [9.17, 15) is 0 Å². The van der Waals surface area contributed by atoms with Crippen molar-refractivity contribution < 1.29 is 0 Å². The predicted molar refractivity (Wildman–Crippen MR) is 77.6 cm³/mol. The van der Waals surface area contributed by atoms with Gasteiger partial charge in [0.15, 0.2) is 0 Å². The van der Waals surface area contributed by atoms with Gasteiger partial charge >= 0.3 is 0 Å². The number of hydrogen-bond acceptors (Lipinski definition) is 2. The van der Waals surface area contributed by atoms with Crippen LogP contribution in [0.1, 0.15) is 32.3 Å². The number of nitrogens with zero attached hydrogens (tertiary/aromatic N) is 1. The van der Waals surface area contributed by atoms with Crippen molar-refractivity contribution in [3.63, 3.8) is 0 Å². The predicted octanol–water partition coefficient (Wildman–Crippen LogP) is 2.90. The topological polar surface area (TPSA) is 15.3 Å². The van der Waals surface area contributed by atoms with E-state index in [0.717, 1.165) is 13.1 Å². The van der Waals surface area contributed by atoms with Gasteiger partial charge in [0.25, 0.3) is 0 Å². The van der Waals surface area contributed by atoms with Crippen LogP contribution in [-0.2, 0) is 6.54 Å². The fourth-order valence-corrected chi connectivity index (χ4v) is 2.85. The molecule has 18 heavy (non-hydrogen) atoms. The molecule has 0 saturated carbocycles. The van der Waals surface area contributed by atoms with Gasteiger partial charge in [-0.3, -0.25) is 4.90 Å². The number of nitrogens with one attached hydrogen (secondary N) is 1. The largest absolute Gasteiger partial charge is 0.317 e. The Balaban J connectivity index is 1.92. The van der Waals surface area contributed by atoms with E-state index in [1.165, 1.54) is 38.0 Å². The Morgan fingerprint density at radius 2 is 1.83 bits per heavy atom. The standard InChI is InChI=1S/C16H26N2/c1-3-18(13-15-7-5-4-6-8-15)14-16(2)9-11-17-12-10-16/h4-8,17H,3,9-14H2,1-2H3. The monoisotopic (exact) mass is 246 g/mol. The Kier molecular flexibility index (Phi) is 4.79. The molecule has 1 aliphatic rings. The van der Waals surface area contributed by atoms with Crippen molar-refractivity contribution in [3.8, 4) is 0 Å². The van der Waals surface area contributed by atoms with Crippen molar-refractivity contribution in [2.45, 2.75) is 33.2 Å². The Bertz CT molecular complexity index is 341. The number of rotatable bonds is 5. The summed E-state index contributed by atoms with van der Waals surface area (Å²) < 4.78 is 0. The molecular formula is C16H26N2. The summed E-state index contributed by atoms with van der Waals surface area (Å²) in [5.41, 5.74) is 1.92. The molecule has 1 aromatic carbocycles. The third kappa shape index (κ3) is 3.82. The van der Waals surface area contributed by atoms with E-state index in [1.54, 1.807) is 0 Å². The third-order valence-electron chi connectivity index (χ3n) is 4.11. The molecular weight excluding hydrogens is 220 g/mol. The summed E-state index contributed by atoms with van der Waals surface area (Å²) in [6.45, 7) is 10.5. The van der Waals surface area contributed by atoms with Crippen molar-refractivity contribution in [1.29, 1.82) is 0 Å². The van der Waals surface area contributed by atoms with Gasteiger partial charge < -0.3 is 5.32 Å². The van der Waals surface area contributed by atoms with Crippen LogP contribution in [0.25, 0.3) is 0 Å². The first kappa shape index (κ1) is 13.6. The molecule has 0 atom stereocenters. The first-order valence-corrected chi connectivity index (χ1v) is 7.19. The van der Waals surface area contributed by atoms with Gasteiger partial charge in [-0.25, -0.2) is 0 Å². The van der Waals surface area contributed by atoms with E-state index in [2.05, 4.69) is 54.4 Å². The number of hydrogen-bond donors (Lipinski definition) is 1. The molecule has 0 bridgehead atoms. The minimum absolute atomic E-state index is 0.496. The molecule has 1 aliphatic heterocycles. The summed E-state index contributed by atoms with van der Waals surface area (Å²) in [4.78, 5) is 2.58. The second-order valence-corrected chi connectivity index (χ2v) is 5.85. The van der Waals surface area contributed by atoms with Gasteiger partial charge in [-0.15, -0.1) is 0 Å². The quantitative estimate of drug-likeness (QED) is 0.859. The molecule has 1 aromatic rings. The lowest BCUT2D eigenvalue weighted by molar-refractivity contribution is 0.127. The van der Waals surface area contributed by atoms with Crippen LogP contribution >= 0.6 is 0 Å². The lowest BCUT2D eigenvalue weighted by Crippen LogP contribution is -2.42. The molecule has 1 heterocycles. The molecule has 2 rings (SSSR count). The molecule has 0 radical (unpaired) electrons. The van der Waals surface area contributed by atoms with E-state index in [0.29, 0.717) is 5.41 Å². The van der Waals surface area contributed by atoms with Gasteiger partial charge in [0.05, 0.1) is 0 Å². The van der Waals surface area contributed by atoms with Crippen LogP contribution < -0.4 is 5.32 Å². The van der Waals surface area contributed by atoms with E-state index in [-0.39, 0.29) is 0 Å². The SMILES string of the molecule is CCN(Cc1ccccc1)CC1(C)CCNCC1. The minimum Gasteiger partial charge on any atom is -0.317 e. The Hall–Kier alpha value is -0.860. The van der Waals surface area contributed by atoms with Crippen LogP contribution in [0.15, 0.2) is 30.3 Å². The Labute approximate surface area is 111 Å². The van der Waals surface area contributed by atoms with E-state index < -0.39 is 0 Å². The maximum atomic E-state index is 3.46. The number of piperidine rings is 1. The second-order valence-electron chi connectivity index (χ2n) is 5.85. The lowest BCUT2D eigenvalue weighted by atomic mass is 9.80. The zero-order valence-electron chi connectivity index (χ0n) is 11.8. The van der Waals surface area contributed by atoms with Crippen LogP contribution in [-0.4, -0.2) is 31.1 Å². The highest BCUT2D eigenvalue weighted by atomic mass is 15.1. The summed E-state index contributed by atoms with van der Waals surface area (Å²) in [7, 11) is 0. The maximum Gasteiger partial charge on any atom is 0.0233 e. The zero-order valence-corrected chi connectivity index (χ0v) is 11.8. The van der Waals surface area contributed by atoms with Crippen molar-refractivity contribution in [2.24, 2.45) is 5.41 Å². The normalized spacial score (nSPS) is 19.1. The van der Waals surface area contributed by atoms with Crippen molar-refractivity contribution >= 4 is 0 Å². The van der Waals surface area contributed by atoms with E-state index in [4.69, 9.17) is 0 Å². The highest BCUT2D eigenvalue weighted by Gasteiger charge is 2.28. The summed E-state index contributed by atoms with van der Waals surface area (Å²) in [5, 5.41) is 3.46. The van der Waals surface area contributed by atoms with Crippen molar-refractivity contribution in [3.05, 3.63) is 35.9 Å². The van der Waals surface area contributed by atoms with Gasteiger partial charge in [-0.2, -0.15) is 0 Å². The number of benzene rings is 1. The Morgan fingerprint density at radius 3 is 2.44 bits per heavy atom. The van der Waals surface area contributed by atoms with Crippen molar-refractivity contribution in [2.75, 3.05) is 26.2 Å². The highest BCUT2D eigenvalue weighted by Crippen LogP contribution is 2.29. The molecule has 0 unspecified atom stereocenters.